The molecular formula is C19H19BrN4O. The molecule has 0 aliphatic carbocycles. The minimum absolute atomic E-state index is 0.0138. The van der Waals surface area contributed by atoms with Crippen LogP contribution in [0.5, 0.6) is 0 Å². The highest BCUT2D eigenvalue weighted by Gasteiger charge is 2.28. The van der Waals surface area contributed by atoms with Crippen molar-refractivity contribution in [2.75, 3.05) is 11.4 Å². The molecule has 4 rings (SSSR count). The summed E-state index contributed by atoms with van der Waals surface area (Å²) in [4.78, 5) is 19.8. The molecule has 1 aliphatic rings. The number of anilines is 1. The number of fused-ring (bicyclic) bond motifs is 2. The summed E-state index contributed by atoms with van der Waals surface area (Å²) >= 11 is 3.50. The topological polar surface area (TPSA) is 51.0 Å². The van der Waals surface area contributed by atoms with Gasteiger partial charge in [-0.05, 0) is 57.0 Å². The molecule has 25 heavy (non-hydrogen) atoms. The minimum Gasteiger partial charge on any atom is -0.308 e. The highest BCUT2D eigenvalue weighted by molar-refractivity contribution is 9.10. The molecular weight excluding hydrogens is 380 g/mol. The summed E-state index contributed by atoms with van der Waals surface area (Å²) in [6.07, 6.45) is 2.63. The third kappa shape index (κ3) is 2.65. The van der Waals surface area contributed by atoms with Crippen LogP contribution in [0, 0.1) is 6.92 Å². The van der Waals surface area contributed by atoms with Crippen LogP contribution in [0.25, 0.3) is 11.0 Å². The Bertz CT molecular complexity index is 992. The molecule has 0 fully saturated rings. The van der Waals surface area contributed by atoms with Gasteiger partial charge in [0.1, 0.15) is 0 Å². The molecule has 5 nitrogen and oxygen atoms in total. The lowest BCUT2D eigenvalue weighted by atomic mass is 10.1. The van der Waals surface area contributed by atoms with Gasteiger partial charge in [-0.3, -0.25) is 4.79 Å². The molecule has 0 N–H and O–H groups in total. The predicted molar refractivity (Wildman–Crippen MR) is 102 cm³/mol. The molecule has 1 aliphatic heterocycles. The highest BCUT2D eigenvalue weighted by Crippen LogP contribution is 2.33. The zero-order valence-electron chi connectivity index (χ0n) is 14.5. The average Bonchev–Trinajstić information content (AvgIpc) is 3.16. The lowest BCUT2D eigenvalue weighted by Crippen LogP contribution is -2.29. The van der Waals surface area contributed by atoms with E-state index in [4.69, 9.17) is 0 Å². The van der Waals surface area contributed by atoms with Gasteiger partial charge in [0.15, 0.2) is 5.65 Å². The zero-order chi connectivity index (χ0) is 17.7. The zero-order valence-corrected chi connectivity index (χ0v) is 16.0. The summed E-state index contributed by atoms with van der Waals surface area (Å²) in [7, 11) is 0. The van der Waals surface area contributed by atoms with E-state index in [0.29, 0.717) is 12.1 Å². The summed E-state index contributed by atoms with van der Waals surface area (Å²) < 4.78 is 2.91. The number of amides is 1. The van der Waals surface area contributed by atoms with Crippen molar-refractivity contribution in [1.82, 2.24) is 14.8 Å². The van der Waals surface area contributed by atoms with Crippen LogP contribution in [0.4, 0.5) is 5.69 Å². The van der Waals surface area contributed by atoms with E-state index in [-0.39, 0.29) is 11.9 Å². The second-order valence-electron chi connectivity index (χ2n) is 6.71. The molecule has 0 radical (unpaired) electrons. The molecule has 1 amide bonds. The standard InChI is InChI=1S/C19H19BrN4O/c1-11(2)24-18-16(10-21-24)15(8-12(3)22-18)19(25)23-7-6-13-9-14(20)4-5-17(13)23/h4-5,8-11H,6-7H2,1-3H3. The number of halogens is 1. The van der Waals surface area contributed by atoms with Gasteiger partial charge in [0.25, 0.3) is 5.91 Å². The number of carbonyl (C=O) groups excluding carboxylic acids is 1. The summed E-state index contributed by atoms with van der Waals surface area (Å²) in [6, 6.07) is 8.14. The maximum Gasteiger partial charge on any atom is 0.259 e. The third-order valence-electron chi connectivity index (χ3n) is 4.60. The monoisotopic (exact) mass is 398 g/mol. The largest absolute Gasteiger partial charge is 0.308 e. The smallest absolute Gasteiger partial charge is 0.259 e. The van der Waals surface area contributed by atoms with Crippen LogP contribution < -0.4 is 4.90 Å². The Morgan fingerprint density at radius 2 is 2.08 bits per heavy atom. The van der Waals surface area contributed by atoms with Crippen LogP contribution in [0.1, 0.15) is 41.5 Å². The summed E-state index contributed by atoms with van der Waals surface area (Å²) in [5.74, 6) is 0.0138. The van der Waals surface area contributed by atoms with Crippen molar-refractivity contribution in [1.29, 1.82) is 0 Å². The summed E-state index contributed by atoms with van der Waals surface area (Å²) in [6.45, 7) is 6.74. The van der Waals surface area contributed by atoms with E-state index >= 15 is 0 Å². The first kappa shape index (κ1) is 16.3. The lowest BCUT2D eigenvalue weighted by Gasteiger charge is -2.18. The maximum absolute atomic E-state index is 13.3. The fourth-order valence-electron chi connectivity index (χ4n) is 3.42. The molecule has 2 aromatic heterocycles. The lowest BCUT2D eigenvalue weighted by molar-refractivity contribution is 0.0991. The van der Waals surface area contributed by atoms with E-state index in [2.05, 4.69) is 45.9 Å². The fraction of sp³-hybridized carbons (Fsp3) is 0.316. The number of aryl methyl sites for hydroxylation is 1. The number of benzene rings is 1. The number of aromatic nitrogens is 3. The molecule has 3 heterocycles. The Morgan fingerprint density at radius 1 is 1.28 bits per heavy atom. The SMILES string of the molecule is Cc1cc(C(=O)N2CCc3cc(Br)ccc32)c2cnn(C(C)C)c2n1. The van der Waals surface area contributed by atoms with Gasteiger partial charge in [-0.25, -0.2) is 9.67 Å². The number of hydrogen-bond donors (Lipinski definition) is 0. The summed E-state index contributed by atoms with van der Waals surface area (Å²) in [5.41, 5.74) is 4.46. The van der Waals surface area contributed by atoms with Gasteiger partial charge < -0.3 is 4.90 Å². The van der Waals surface area contributed by atoms with E-state index < -0.39 is 0 Å². The maximum atomic E-state index is 13.3. The highest BCUT2D eigenvalue weighted by atomic mass is 79.9. The predicted octanol–water partition coefficient (Wildman–Crippen LogP) is 4.29. The quantitative estimate of drug-likeness (QED) is 0.646. The van der Waals surface area contributed by atoms with E-state index in [1.54, 1.807) is 6.20 Å². The Labute approximate surface area is 154 Å². The Hall–Kier alpha value is -2.21. The van der Waals surface area contributed by atoms with Gasteiger partial charge in [0.2, 0.25) is 0 Å². The van der Waals surface area contributed by atoms with Crippen LogP contribution in [0.3, 0.4) is 0 Å². The van der Waals surface area contributed by atoms with Crippen molar-refractivity contribution >= 4 is 38.6 Å². The van der Waals surface area contributed by atoms with Crippen LogP contribution in [0.2, 0.25) is 0 Å². The van der Waals surface area contributed by atoms with E-state index in [1.165, 1.54) is 5.56 Å². The molecule has 0 saturated heterocycles. The summed E-state index contributed by atoms with van der Waals surface area (Å²) in [5, 5.41) is 5.25. The Kier molecular flexibility index (Phi) is 3.87. The molecule has 6 heteroatoms. The van der Waals surface area contributed by atoms with Gasteiger partial charge in [-0.15, -0.1) is 0 Å². The normalized spacial score (nSPS) is 13.7. The third-order valence-corrected chi connectivity index (χ3v) is 5.09. The van der Waals surface area contributed by atoms with E-state index in [1.807, 2.05) is 34.7 Å². The number of nitrogens with zero attached hydrogens (tertiary/aromatic N) is 4. The minimum atomic E-state index is 0.0138. The number of rotatable bonds is 2. The van der Waals surface area contributed by atoms with Crippen LogP contribution >= 0.6 is 15.9 Å². The van der Waals surface area contributed by atoms with Crippen molar-refractivity contribution in [3.63, 3.8) is 0 Å². The van der Waals surface area contributed by atoms with E-state index in [0.717, 1.165) is 33.3 Å². The van der Waals surface area contributed by atoms with Gasteiger partial charge in [0, 0.05) is 28.4 Å². The second kappa shape index (κ2) is 5.95. The molecule has 3 aromatic rings. The van der Waals surface area contributed by atoms with Crippen molar-refractivity contribution in [2.24, 2.45) is 0 Å². The molecule has 1 aromatic carbocycles. The first-order valence-corrected chi connectivity index (χ1v) is 9.20. The van der Waals surface area contributed by atoms with Crippen molar-refractivity contribution in [2.45, 2.75) is 33.2 Å². The average molecular weight is 399 g/mol. The second-order valence-corrected chi connectivity index (χ2v) is 7.63. The number of pyridine rings is 1. The van der Waals surface area contributed by atoms with Gasteiger partial charge >= 0.3 is 0 Å². The Morgan fingerprint density at radius 3 is 2.84 bits per heavy atom. The number of carbonyl (C=O) groups is 1. The molecule has 0 spiro atoms. The first-order valence-electron chi connectivity index (χ1n) is 8.41. The van der Waals surface area contributed by atoms with Crippen molar-refractivity contribution < 1.29 is 4.79 Å². The van der Waals surface area contributed by atoms with Crippen LogP contribution in [-0.2, 0) is 6.42 Å². The molecule has 0 bridgehead atoms. The van der Waals surface area contributed by atoms with Crippen molar-refractivity contribution in [3.8, 4) is 0 Å². The molecule has 0 unspecified atom stereocenters. The number of hydrogen-bond acceptors (Lipinski definition) is 3. The molecule has 128 valence electrons. The van der Waals surface area contributed by atoms with Crippen LogP contribution in [-0.4, -0.2) is 27.2 Å². The fourth-order valence-corrected chi connectivity index (χ4v) is 3.83. The van der Waals surface area contributed by atoms with Crippen LogP contribution in [0.15, 0.2) is 34.9 Å². The first-order chi connectivity index (χ1) is 12.0. The Balaban J connectivity index is 1.82. The van der Waals surface area contributed by atoms with Crippen molar-refractivity contribution in [3.05, 3.63) is 51.8 Å². The van der Waals surface area contributed by atoms with Gasteiger partial charge in [-0.1, -0.05) is 15.9 Å². The molecule has 0 atom stereocenters. The van der Waals surface area contributed by atoms with E-state index in [9.17, 15) is 4.79 Å². The molecule has 0 saturated carbocycles. The van der Waals surface area contributed by atoms with Gasteiger partial charge in [-0.2, -0.15) is 5.10 Å². The van der Waals surface area contributed by atoms with Gasteiger partial charge in [0.05, 0.1) is 17.1 Å².